The van der Waals surface area contributed by atoms with E-state index in [0.29, 0.717) is 17.4 Å². The summed E-state index contributed by atoms with van der Waals surface area (Å²) < 4.78 is 23.7. The van der Waals surface area contributed by atoms with Gasteiger partial charge in [0.1, 0.15) is 13.2 Å². The molecule has 0 aromatic heterocycles. The molecule has 3 atom stereocenters. The van der Waals surface area contributed by atoms with Crippen molar-refractivity contribution in [3.05, 3.63) is 36.5 Å². The Morgan fingerprint density at radius 2 is 0.833 bits per heavy atom. The van der Waals surface area contributed by atoms with Gasteiger partial charge in [0.2, 0.25) is 5.91 Å². The van der Waals surface area contributed by atoms with Crippen molar-refractivity contribution in [2.24, 2.45) is 0 Å². The minimum absolute atomic E-state index is 0.0551. The number of carbonyl (C=O) groups is 1. The summed E-state index contributed by atoms with van der Waals surface area (Å²) >= 11 is 0. The summed E-state index contributed by atoms with van der Waals surface area (Å²) in [6.07, 6.45) is 62.5. The van der Waals surface area contributed by atoms with Gasteiger partial charge >= 0.3 is 7.82 Å². The highest BCUT2D eigenvalue weighted by molar-refractivity contribution is 7.47. The van der Waals surface area contributed by atoms with Crippen LogP contribution in [0.15, 0.2) is 36.5 Å². The molecule has 0 aliphatic heterocycles. The minimum Gasteiger partial charge on any atom is -0.387 e. The molecule has 0 spiro atoms. The summed E-state index contributed by atoms with van der Waals surface area (Å²) in [6.45, 7) is 4.82. The Morgan fingerprint density at radius 1 is 0.500 bits per heavy atom. The molecule has 0 aliphatic rings. The second kappa shape index (κ2) is 48.7. The van der Waals surface area contributed by atoms with Crippen molar-refractivity contribution in [1.82, 2.24) is 5.32 Å². The Morgan fingerprint density at radius 3 is 1.21 bits per heavy atom. The Balaban J connectivity index is 4.28. The van der Waals surface area contributed by atoms with E-state index in [4.69, 9.17) is 9.05 Å². The van der Waals surface area contributed by atoms with E-state index in [9.17, 15) is 19.4 Å². The standard InChI is InChI=1S/C57H111N2O6P/c1-6-8-10-12-14-16-18-20-22-24-26-27-28-29-30-31-32-33-34-36-38-40-42-44-46-48-50-56(60)55(54-65-66(62,63)64-53-52-59(3,4)5)58-57(61)51-49-47-45-43-41-39-37-35-25-23-21-19-17-15-13-11-9-7-2/h33-34,40,42,48,50,55-56,60H,6-32,35-39,41,43-47,49,51-54H2,1-5H3,(H-,58,61,62,63)/p+1/b34-33+,42-40+,50-48+. The van der Waals surface area contributed by atoms with Gasteiger partial charge in [0.05, 0.1) is 39.9 Å². The number of carbonyl (C=O) groups excluding carboxylic acids is 1. The molecule has 1 amide bonds. The zero-order valence-corrected chi connectivity index (χ0v) is 45.3. The highest BCUT2D eigenvalue weighted by atomic mass is 31.2. The summed E-state index contributed by atoms with van der Waals surface area (Å²) in [5.41, 5.74) is 0. The van der Waals surface area contributed by atoms with Crippen molar-refractivity contribution >= 4 is 13.7 Å². The van der Waals surface area contributed by atoms with Crippen LogP contribution >= 0.6 is 7.82 Å². The molecule has 0 aliphatic carbocycles. The van der Waals surface area contributed by atoms with Crippen LogP contribution in [0, 0.1) is 0 Å². The number of aliphatic hydroxyl groups excluding tert-OH is 1. The zero-order valence-electron chi connectivity index (χ0n) is 44.4. The molecule has 0 rings (SSSR count). The third-order valence-electron chi connectivity index (χ3n) is 12.8. The number of hydrogen-bond donors (Lipinski definition) is 3. The third-order valence-corrected chi connectivity index (χ3v) is 13.8. The summed E-state index contributed by atoms with van der Waals surface area (Å²) in [7, 11) is 1.56. The van der Waals surface area contributed by atoms with Gasteiger partial charge in [0, 0.05) is 6.42 Å². The van der Waals surface area contributed by atoms with Crippen LogP contribution in [0.2, 0.25) is 0 Å². The predicted octanol–water partition coefficient (Wildman–Crippen LogP) is 17.0. The van der Waals surface area contributed by atoms with Gasteiger partial charge in [0.25, 0.3) is 0 Å². The second-order valence-electron chi connectivity index (χ2n) is 20.7. The van der Waals surface area contributed by atoms with Crippen LogP contribution in [0.4, 0.5) is 0 Å². The van der Waals surface area contributed by atoms with Gasteiger partial charge in [-0.15, -0.1) is 0 Å². The summed E-state index contributed by atoms with van der Waals surface area (Å²) in [5, 5.41) is 13.9. The number of likely N-dealkylation sites (N-methyl/N-ethyl adjacent to an activating group) is 1. The van der Waals surface area contributed by atoms with Gasteiger partial charge in [-0.3, -0.25) is 13.8 Å². The van der Waals surface area contributed by atoms with Crippen LogP contribution in [-0.4, -0.2) is 73.4 Å². The number of phosphoric ester groups is 1. The maximum absolute atomic E-state index is 12.9. The number of aliphatic hydroxyl groups is 1. The molecular weight excluding hydrogens is 840 g/mol. The van der Waals surface area contributed by atoms with Gasteiger partial charge in [-0.05, 0) is 44.9 Å². The van der Waals surface area contributed by atoms with Crippen molar-refractivity contribution in [1.29, 1.82) is 0 Å². The first-order valence-corrected chi connectivity index (χ1v) is 29.9. The first-order valence-electron chi connectivity index (χ1n) is 28.4. The highest BCUT2D eigenvalue weighted by Gasteiger charge is 2.27. The molecule has 0 saturated heterocycles. The molecule has 0 fully saturated rings. The molecule has 0 aromatic rings. The van der Waals surface area contributed by atoms with E-state index < -0.39 is 20.0 Å². The molecule has 3 N–H and O–H groups in total. The molecular formula is C57H112N2O6P+. The highest BCUT2D eigenvalue weighted by Crippen LogP contribution is 2.43. The first-order chi connectivity index (χ1) is 32.0. The quantitative estimate of drug-likeness (QED) is 0.0243. The number of unbranched alkanes of at least 4 members (excludes halogenated alkanes) is 35. The fourth-order valence-corrected chi connectivity index (χ4v) is 9.11. The van der Waals surface area contributed by atoms with E-state index in [-0.39, 0.29) is 19.1 Å². The Labute approximate surface area is 410 Å². The number of nitrogens with one attached hydrogen (secondary N) is 1. The van der Waals surface area contributed by atoms with Crippen molar-refractivity contribution in [2.75, 3.05) is 40.9 Å². The fraction of sp³-hybridized carbons (Fsp3) is 0.877. The molecule has 0 radical (unpaired) electrons. The monoisotopic (exact) mass is 952 g/mol. The minimum atomic E-state index is -4.36. The van der Waals surface area contributed by atoms with Crippen LogP contribution in [0.5, 0.6) is 0 Å². The van der Waals surface area contributed by atoms with E-state index >= 15 is 0 Å². The number of quaternary nitrogens is 1. The van der Waals surface area contributed by atoms with Gasteiger partial charge in [-0.1, -0.05) is 256 Å². The van der Waals surface area contributed by atoms with Crippen molar-refractivity contribution in [2.45, 2.75) is 283 Å². The van der Waals surface area contributed by atoms with Crippen molar-refractivity contribution in [3.63, 3.8) is 0 Å². The maximum Gasteiger partial charge on any atom is 0.472 e. The van der Waals surface area contributed by atoms with Crippen molar-refractivity contribution in [3.8, 4) is 0 Å². The molecule has 390 valence electrons. The smallest absolute Gasteiger partial charge is 0.387 e. The van der Waals surface area contributed by atoms with Crippen molar-refractivity contribution < 1.29 is 32.9 Å². The topological polar surface area (TPSA) is 105 Å². The number of rotatable bonds is 52. The number of amides is 1. The number of hydrogen-bond acceptors (Lipinski definition) is 5. The molecule has 9 heteroatoms. The molecule has 0 aromatic carbocycles. The largest absolute Gasteiger partial charge is 0.472 e. The number of phosphoric acid groups is 1. The zero-order chi connectivity index (χ0) is 48.5. The molecule has 8 nitrogen and oxygen atoms in total. The second-order valence-corrected chi connectivity index (χ2v) is 22.1. The third kappa shape index (κ3) is 50.6. The summed E-state index contributed by atoms with van der Waals surface area (Å²) in [6, 6.07) is -0.867. The van der Waals surface area contributed by atoms with Gasteiger partial charge in [-0.25, -0.2) is 4.57 Å². The van der Waals surface area contributed by atoms with Crippen LogP contribution in [-0.2, 0) is 18.4 Å². The number of nitrogens with zero attached hydrogens (tertiary/aromatic N) is 1. The Bertz CT molecular complexity index is 1170. The lowest BCUT2D eigenvalue weighted by Gasteiger charge is -2.25. The van der Waals surface area contributed by atoms with Gasteiger partial charge in [0.15, 0.2) is 0 Å². The average Bonchev–Trinajstić information content (AvgIpc) is 3.28. The lowest BCUT2D eigenvalue weighted by Crippen LogP contribution is -2.45. The molecule has 0 saturated carbocycles. The SMILES string of the molecule is CCCCCCCCCCCCCCCCCC/C=C/CC/C=C/CC/C=C/C(O)C(COP(=O)(O)OCC[N+](C)(C)C)NC(=O)CCCCCCCCCCCCCCCCCCCC. The number of allylic oxidation sites excluding steroid dienone is 5. The lowest BCUT2D eigenvalue weighted by atomic mass is 10.0. The maximum atomic E-state index is 12.9. The average molecular weight is 953 g/mol. The lowest BCUT2D eigenvalue weighted by molar-refractivity contribution is -0.870. The first kappa shape index (κ1) is 64.7. The van der Waals surface area contributed by atoms with Gasteiger partial charge in [-0.2, -0.15) is 0 Å². The molecule has 0 bridgehead atoms. The van der Waals surface area contributed by atoms with E-state index in [1.54, 1.807) is 6.08 Å². The van der Waals surface area contributed by atoms with E-state index in [1.807, 2.05) is 27.2 Å². The molecule has 3 unspecified atom stereocenters. The van der Waals surface area contributed by atoms with Crippen LogP contribution < -0.4 is 5.32 Å². The van der Waals surface area contributed by atoms with E-state index in [1.165, 1.54) is 205 Å². The predicted molar refractivity (Wildman–Crippen MR) is 286 cm³/mol. The summed E-state index contributed by atoms with van der Waals surface area (Å²) in [5.74, 6) is -0.187. The van der Waals surface area contributed by atoms with Crippen LogP contribution in [0.25, 0.3) is 0 Å². The van der Waals surface area contributed by atoms with E-state index in [2.05, 4.69) is 43.5 Å². The Hall–Kier alpha value is -1.28. The van der Waals surface area contributed by atoms with Crippen LogP contribution in [0.3, 0.4) is 0 Å². The summed E-state index contributed by atoms with van der Waals surface area (Å²) in [4.78, 5) is 23.3. The Kier molecular flexibility index (Phi) is 47.8. The van der Waals surface area contributed by atoms with E-state index in [0.717, 1.165) is 44.9 Å². The molecule has 0 heterocycles. The fourth-order valence-electron chi connectivity index (χ4n) is 8.37. The van der Waals surface area contributed by atoms with Crippen LogP contribution in [0.1, 0.15) is 271 Å². The van der Waals surface area contributed by atoms with Gasteiger partial charge < -0.3 is 19.8 Å². The molecule has 66 heavy (non-hydrogen) atoms. The normalized spacial score (nSPS) is 14.2.